The summed E-state index contributed by atoms with van der Waals surface area (Å²) in [6, 6.07) is 0. The predicted molar refractivity (Wildman–Crippen MR) is 10.4 cm³/mol. The monoisotopic (exact) mass is 167 g/mol. The Labute approximate surface area is 44.9 Å². The van der Waals surface area contributed by atoms with E-state index in [1.807, 2.05) is 0 Å². The maximum absolute atomic E-state index is 8.52. The van der Waals surface area contributed by atoms with Crippen molar-refractivity contribution in [2.45, 2.75) is 0 Å². The SMILES string of the molecule is O=[PH]=O.[O]=[Mn]([O-])[O-]. The third-order valence-electron chi connectivity index (χ3n) is 0. The van der Waals surface area contributed by atoms with Gasteiger partial charge < -0.3 is 0 Å². The van der Waals surface area contributed by atoms with E-state index in [9.17, 15) is 0 Å². The van der Waals surface area contributed by atoms with Crippen LogP contribution in [0.2, 0.25) is 0 Å². The van der Waals surface area contributed by atoms with Crippen LogP contribution < -0.4 is 8.38 Å². The Hall–Kier alpha value is 0.139. The van der Waals surface area contributed by atoms with Crippen molar-refractivity contribution in [3.63, 3.8) is 0 Å². The molecular formula is HMnO5P-2. The van der Waals surface area contributed by atoms with Crippen LogP contribution in [0, 0.1) is 0 Å². The molecule has 0 rings (SSSR count). The molecule has 0 aliphatic carbocycles. The van der Waals surface area contributed by atoms with Crippen LogP contribution in [0.3, 0.4) is 0 Å². The Morgan fingerprint density at radius 1 is 1.29 bits per heavy atom. The Morgan fingerprint density at radius 2 is 1.29 bits per heavy atom. The van der Waals surface area contributed by atoms with Crippen molar-refractivity contribution in [1.82, 2.24) is 0 Å². The van der Waals surface area contributed by atoms with Crippen LogP contribution in [0.5, 0.6) is 0 Å². The van der Waals surface area contributed by atoms with Gasteiger partial charge in [0, 0.05) is 0 Å². The third kappa shape index (κ3) is 5410. The minimum atomic E-state index is -3.65. The second kappa shape index (κ2) is 9.46. The van der Waals surface area contributed by atoms with E-state index in [0.717, 1.165) is 0 Å². The van der Waals surface area contributed by atoms with Crippen molar-refractivity contribution in [1.29, 1.82) is 0 Å². The summed E-state index contributed by atoms with van der Waals surface area (Å²) in [6.07, 6.45) is 0. The van der Waals surface area contributed by atoms with E-state index in [4.69, 9.17) is 21.3 Å². The molecule has 7 heteroatoms. The third-order valence-corrected chi connectivity index (χ3v) is 0. The van der Waals surface area contributed by atoms with Crippen molar-refractivity contribution in [3.8, 4) is 0 Å². The fourth-order valence-electron chi connectivity index (χ4n) is 0. The van der Waals surface area contributed by atoms with E-state index in [2.05, 4.69) is 0 Å². The van der Waals surface area contributed by atoms with Crippen LogP contribution in [0.1, 0.15) is 0 Å². The van der Waals surface area contributed by atoms with Crippen LogP contribution in [-0.2, 0) is 27.5 Å². The molecule has 45 valence electrons. The molecule has 0 fully saturated rings. The van der Waals surface area contributed by atoms with Crippen LogP contribution >= 0.6 is 8.34 Å². The van der Waals surface area contributed by atoms with Crippen molar-refractivity contribution in [2.24, 2.45) is 0 Å². The van der Waals surface area contributed by atoms with E-state index in [-0.39, 0.29) is 0 Å². The topological polar surface area (TPSA) is 97.3 Å². The van der Waals surface area contributed by atoms with E-state index >= 15 is 0 Å². The molecule has 0 N–H and O–H groups in total. The minimum absolute atomic E-state index is 1.42. The molecule has 0 aromatic rings. The first kappa shape index (κ1) is 10.2. The zero-order chi connectivity index (χ0) is 6.28. The van der Waals surface area contributed by atoms with Gasteiger partial charge in [0.25, 0.3) is 0 Å². The Bertz CT molecular complexity index is 76.1. The first-order valence-electron chi connectivity index (χ1n) is 0.871. The Kier molecular flexibility index (Phi) is 13.8. The summed E-state index contributed by atoms with van der Waals surface area (Å²) in [5, 5.41) is 0. The standard InChI is InChI=1S/Mn.HO2P.3O/c;1-3-2;;;/h;3H;;;/q;;;2*-1. The van der Waals surface area contributed by atoms with Crippen molar-refractivity contribution >= 4 is 8.34 Å². The molecule has 0 aromatic carbocycles. The molecular weight excluding hydrogens is 166 g/mol. The van der Waals surface area contributed by atoms with E-state index < -0.39 is 22.8 Å². The number of rotatable bonds is 0. The summed E-state index contributed by atoms with van der Waals surface area (Å²) < 4.78 is 42.4. The number of hydrogen-bond donors (Lipinski definition) is 0. The van der Waals surface area contributed by atoms with Gasteiger partial charge in [-0.15, -0.1) is 0 Å². The summed E-state index contributed by atoms with van der Waals surface area (Å²) in [5.74, 6) is 0. The van der Waals surface area contributed by atoms with E-state index in [0.29, 0.717) is 0 Å². The van der Waals surface area contributed by atoms with E-state index in [1.54, 1.807) is 0 Å². The van der Waals surface area contributed by atoms with Gasteiger partial charge in [0.2, 0.25) is 0 Å². The molecule has 0 amide bonds. The second-order valence-electron chi connectivity index (χ2n) is 0.272. The van der Waals surface area contributed by atoms with Gasteiger partial charge in [-0.2, -0.15) is 0 Å². The number of hydrogen-bond acceptors (Lipinski definition) is 5. The zero-order valence-electron chi connectivity index (χ0n) is 2.92. The molecule has 0 aliphatic heterocycles. The first-order chi connectivity index (χ1) is 3.15. The van der Waals surface area contributed by atoms with Gasteiger partial charge in [-0.25, -0.2) is 9.13 Å². The van der Waals surface area contributed by atoms with Crippen LogP contribution in [0.15, 0.2) is 0 Å². The van der Waals surface area contributed by atoms with Crippen LogP contribution in [0.4, 0.5) is 0 Å². The molecule has 0 heterocycles. The Balaban J connectivity index is 0. The average Bonchev–Trinajstić information content (AvgIpc) is 1.33. The molecule has 5 nitrogen and oxygen atoms in total. The molecule has 0 saturated carbocycles. The van der Waals surface area contributed by atoms with Crippen LogP contribution in [0.25, 0.3) is 0 Å². The molecule has 0 radical (unpaired) electrons. The molecule has 0 unspecified atom stereocenters. The van der Waals surface area contributed by atoms with Gasteiger partial charge in [-0.1, -0.05) is 0 Å². The molecule has 7 heavy (non-hydrogen) atoms. The molecule has 0 aliphatic rings. The molecule has 0 aromatic heterocycles. The summed E-state index contributed by atoms with van der Waals surface area (Å²) in [5.41, 5.74) is 0. The summed E-state index contributed by atoms with van der Waals surface area (Å²) >= 11 is -3.65. The van der Waals surface area contributed by atoms with E-state index in [1.165, 1.54) is 0 Å². The van der Waals surface area contributed by atoms with Gasteiger partial charge in [-0.3, -0.25) is 0 Å². The van der Waals surface area contributed by atoms with Gasteiger partial charge >= 0.3 is 35.0 Å². The fourth-order valence-corrected chi connectivity index (χ4v) is 0. The van der Waals surface area contributed by atoms with Crippen molar-refractivity contribution < 1.29 is 35.8 Å². The molecule has 0 atom stereocenters. The summed E-state index contributed by atoms with van der Waals surface area (Å²) in [7, 11) is -1.42. The quantitative estimate of drug-likeness (QED) is 0.302. The predicted octanol–water partition coefficient (Wildman–Crippen LogP) is -2.14. The summed E-state index contributed by atoms with van der Waals surface area (Å²) in [6.45, 7) is 0. The molecule has 0 spiro atoms. The zero-order valence-corrected chi connectivity index (χ0v) is 5.10. The van der Waals surface area contributed by atoms with Crippen LogP contribution in [-0.4, -0.2) is 0 Å². The fraction of sp³-hybridized carbons (Fsp3) is 0. The second-order valence-corrected chi connectivity index (χ2v) is 1.03. The summed E-state index contributed by atoms with van der Waals surface area (Å²) in [4.78, 5) is 0. The van der Waals surface area contributed by atoms with Gasteiger partial charge in [0.15, 0.2) is 0 Å². The van der Waals surface area contributed by atoms with Gasteiger partial charge in [-0.05, 0) is 0 Å². The van der Waals surface area contributed by atoms with Crippen molar-refractivity contribution in [3.05, 3.63) is 0 Å². The van der Waals surface area contributed by atoms with Crippen molar-refractivity contribution in [2.75, 3.05) is 0 Å². The molecule has 0 bridgehead atoms. The van der Waals surface area contributed by atoms with Gasteiger partial charge in [0.1, 0.15) is 0 Å². The maximum atomic E-state index is 8.52. The normalized spacial score (nSPS) is 6.71. The Morgan fingerprint density at radius 3 is 1.29 bits per heavy atom. The average molecular weight is 167 g/mol. The molecule has 0 saturated heterocycles. The van der Waals surface area contributed by atoms with Gasteiger partial charge in [0.05, 0.1) is 0 Å². The first-order valence-corrected chi connectivity index (χ1v) is 3.13.